The third-order valence-electron chi connectivity index (χ3n) is 5.08. The summed E-state index contributed by atoms with van der Waals surface area (Å²) in [5, 5.41) is 0.717. The van der Waals surface area contributed by atoms with Crippen molar-refractivity contribution in [2.24, 2.45) is 0 Å². The van der Waals surface area contributed by atoms with Crippen LogP contribution in [0.1, 0.15) is 24.2 Å². The molecule has 3 aromatic carbocycles. The van der Waals surface area contributed by atoms with Crippen molar-refractivity contribution in [3.05, 3.63) is 89.2 Å². The van der Waals surface area contributed by atoms with Crippen molar-refractivity contribution in [2.45, 2.75) is 19.4 Å². The number of nitrogens with zero attached hydrogens (tertiary/aromatic N) is 2. The van der Waals surface area contributed by atoms with Crippen molar-refractivity contribution in [3.63, 3.8) is 0 Å². The minimum atomic E-state index is 0.672. The molecule has 5 heteroatoms. The van der Waals surface area contributed by atoms with E-state index in [9.17, 15) is 0 Å². The molecule has 1 aromatic heterocycles. The van der Waals surface area contributed by atoms with Gasteiger partial charge in [0.1, 0.15) is 17.3 Å². The van der Waals surface area contributed by atoms with Gasteiger partial charge in [0.2, 0.25) is 0 Å². The summed E-state index contributed by atoms with van der Waals surface area (Å²) in [5.41, 5.74) is 3.26. The molecule has 0 unspecified atom stereocenters. The van der Waals surface area contributed by atoms with Gasteiger partial charge in [-0.05, 0) is 73.0 Å². The first-order valence-corrected chi connectivity index (χ1v) is 10.8. The number of hydrogen-bond acceptors (Lipinski definition) is 3. The molecule has 0 aliphatic carbocycles. The second kappa shape index (κ2) is 10.2. The number of imidazole rings is 1. The van der Waals surface area contributed by atoms with Gasteiger partial charge in [0.05, 0.1) is 24.8 Å². The summed E-state index contributed by atoms with van der Waals surface area (Å²) in [6.07, 6.45) is 6.11. The summed E-state index contributed by atoms with van der Waals surface area (Å²) >= 11 is 5.92. The summed E-state index contributed by atoms with van der Waals surface area (Å²) in [7, 11) is 1.67. The fourth-order valence-corrected chi connectivity index (χ4v) is 3.56. The predicted molar refractivity (Wildman–Crippen MR) is 128 cm³/mol. The second-order valence-corrected chi connectivity index (χ2v) is 7.66. The van der Waals surface area contributed by atoms with E-state index in [4.69, 9.17) is 26.1 Å². The normalized spacial score (nSPS) is 11.3. The summed E-state index contributed by atoms with van der Waals surface area (Å²) < 4.78 is 13.3. The van der Waals surface area contributed by atoms with Crippen molar-refractivity contribution >= 4 is 34.8 Å². The lowest BCUT2D eigenvalue weighted by atomic mass is 10.2. The molecule has 4 nitrogen and oxygen atoms in total. The third-order valence-corrected chi connectivity index (χ3v) is 5.34. The average Bonchev–Trinajstić information content (AvgIpc) is 3.16. The molecular weight excluding hydrogens is 408 g/mol. The smallest absolute Gasteiger partial charge is 0.133 e. The van der Waals surface area contributed by atoms with Crippen LogP contribution >= 0.6 is 11.6 Å². The number of para-hydroxylation sites is 2. The third kappa shape index (κ3) is 5.47. The van der Waals surface area contributed by atoms with Crippen LogP contribution in [0.2, 0.25) is 5.02 Å². The number of methoxy groups -OCH3 is 1. The first-order chi connectivity index (χ1) is 15.2. The van der Waals surface area contributed by atoms with Crippen LogP contribution in [0.15, 0.2) is 72.8 Å². The Morgan fingerprint density at radius 1 is 0.871 bits per heavy atom. The summed E-state index contributed by atoms with van der Waals surface area (Å²) in [5.74, 6) is 2.65. The van der Waals surface area contributed by atoms with Gasteiger partial charge in [-0.3, -0.25) is 0 Å². The Morgan fingerprint density at radius 2 is 1.61 bits per heavy atom. The molecule has 0 saturated carbocycles. The van der Waals surface area contributed by atoms with Crippen LogP contribution in [0.25, 0.3) is 23.2 Å². The second-order valence-electron chi connectivity index (χ2n) is 7.23. The summed E-state index contributed by atoms with van der Waals surface area (Å²) in [6, 6.07) is 23.7. The highest BCUT2D eigenvalue weighted by molar-refractivity contribution is 6.30. The maximum atomic E-state index is 5.92. The zero-order valence-corrected chi connectivity index (χ0v) is 18.3. The van der Waals surface area contributed by atoms with Gasteiger partial charge in [0, 0.05) is 11.6 Å². The number of hydrogen-bond donors (Lipinski definition) is 0. The molecule has 0 saturated heterocycles. The minimum Gasteiger partial charge on any atom is -0.497 e. The van der Waals surface area contributed by atoms with Crippen LogP contribution < -0.4 is 9.47 Å². The van der Waals surface area contributed by atoms with Gasteiger partial charge in [-0.15, -0.1) is 0 Å². The molecule has 0 atom stereocenters. The molecule has 0 aliphatic heterocycles. The van der Waals surface area contributed by atoms with E-state index >= 15 is 0 Å². The Kier molecular flexibility index (Phi) is 6.90. The fourth-order valence-electron chi connectivity index (χ4n) is 3.43. The molecule has 0 aliphatic rings. The number of aryl methyl sites for hydroxylation is 1. The van der Waals surface area contributed by atoms with E-state index in [1.165, 1.54) is 0 Å². The van der Waals surface area contributed by atoms with E-state index in [-0.39, 0.29) is 0 Å². The Bertz CT molecular complexity index is 1150. The van der Waals surface area contributed by atoms with E-state index in [1.807, 2.05) is 54.6 Å². The zero-order valence-electron chi connectivity index (χ0n) is 17.5. The molecule has 31 heavy (non-hydrogen) atoms. The topological polar surface area (TPSA) is 36.3 Å². The molecule has 1 heterocycles. The number of aromatic nitrogens is 2. The fraction of sp³-hybridized carbons (Fsp3) is 0.192. The van der Waals surface area contributed by atoms with Crippen molar-refractivity contribution in [3.8, 4) is 11.5 Å². The summed E-state index contributed by atoms with van der Waals surface area (Å²) in [6.45, 7) is 1.55. The van der Waals surface area contributed by atoms with Gasteiger partial charge in [0.15, 0.2) is 0 Å². The first kappa shape index (κ1) is 21.0. The van der Waals surface area contributed by atoms with Crippen LogP contribution in [0.4, 0.5) is 0 Å². The highest BCUT2D eigenvalue weighted by atomic mass is 35.5. The van der Waals surface area contributed by atoms with Gasteiger partial charge in [-0.1, -0.05) is 41.9 Å². The number of fused-ring (bicyclic) bond motifs is 1. The molecule has 0 radical (unpaired) electrons. The number of benzene rings is 3. The Labute approximate surface area is 187 Å². The van der Waals surface area contributed by atoms with Crippen LogP contribution in [0.3, 0.4) is 0 Å². The van der Waals surface area contributed by atoms with Gasteiger partial charge in [-0.2, -0.15) is 0 Å². The average molecular weight is 433 g/mol. The zero-order chi connectivity index (χ0) is 21.5. The predicted octanol–water partition coefficient (Wildman–Crippen LogP) is 6.73. The number of unbranched alkanes of at least 4 members (excludes halogenated alkanes) is 1. The van der Waals surface area contributed by atoms with E-state index < -0.39 is 0 Å². The van der Waals surface area contributed by atoms with Crippen molar-refractivity contribution < 1.29 is 9.47 Å². The lowest BCUT2D eigenvalue weighted by Gasteiger charge is -2.09. The monoisotopic (exact) mass is 432 g/mol. The molecule has 0 spiro atoms. The van der Waals surface area contributed by atoms with Crippen LogP contribution in [0.5, 0.6) is 11.5 Å². The molecule has 0 N–H and O–H groups in total. The number of halogens is 1. The van der Waals surface area contributed by atoms with Crippen molar-refractivity contribution in [1.82, 2.24) is 9.55 Å². The van der Waals surface area contributed by atoms with E-state index in [0.717, 1.165) is 58.3 Å². The van der Waals surface area contributed by atoms with Gasteiger partial charge >= 0.3 is 0 Å². The molecule has 4 aromatic rings. The minimum absolute atomic E-state index is 0.672. The van der Waals surface area contributed by atoms with Gasteiger partial charge < -0.3 is 14.0 Å². The molecule has 0 bridgehead atoms. The lowest BCUT2D eigenvalue weighted by molar-refractivity contribution is 0.303. The van der Waals surface area contributed by atoms with E-state index in [1.54, 1.807) is 7.11 Å². The maximum absolute atomic E-state index is 5.92. The highest BCUT2D eigenvalue weighted by Gasteiger charge is 2.08. The van der Waals surface area contributed by atoms with Crippen molar-refractivity contribution in [1.29, 1.82) is 0 Å². The molecule has 4 rings (SSSR count). The summed E-state index contributed by atoms with van der Waals surface area (Å²) in [4.78, 5) is 4.82. The van der Waals surface area contributed by atoms with Crippen LogP contribution in [-0.2, 0) is 6.54 Å². The van der Waals surface area contributed by atoms with Crippen molar-refractivity contribution in [2.75, 3.05) is 13.7 Å². The van der Waals surface area contributed by atoms with Gasteiger partial charge in [-0.25, -0.2) is 4.98 Å². The molecule has 0 amide bonds. The largest absolute Gasteiger partial charge is 0.497 e. The van der Waals surface area contributed by atoms with Crippen LogP contribution in [0, 0.1) is 0 Å². The Hall–Kier alpha value is -3.24. The highest BCUT2D eigenvalue weighted by Crippen LogP contribution is 2.20. The first-order valence-electron chi connectivity index (χ1n) is 10.4. The van der Waals surface area contributed by atoms with E-state index in [2.05, 4.69) is 34.9 Å². The van der Waals surface area contributed by atoms with Crippen LogP contribution in [-0.4, -0.2) is 23.3 Å². The number of rotatable bonds is 9. The molecular formula is C26H25ClN2O2. The lowest BCUT2D eigenvalue weighted by Crippen LogP contribution is -2.04. The van der Waals surface area contributed by atoms with E-state index in [0.29, 0.717) is 6.61 Å². The van der Waals surface area contributed by atoms with Gasteiger partial charge in [0.25, 0.3) is 0 Å². The SMILES string of the molecule is COc1ccc(/C=C/c2nc3ccccc3n2CCCCOc2ccc(Cl)cc2)cc1. The Morgan fingerprint density at radius 3 is 2.39 bits per heavy atom. The number of ether oxygens (including phenoxy) is 2. The maximum Gasteiger partial charge on any atom is 0.133 e. The molecule has 158 valence electrons. The Balaban J connectivity index is 1.42. The quantitative estimate of drug-likeness (QED) is 0.275. The standard InChI is InChI=1S/C26H25ClN2O2/c1-30-22-13-8-20(9-14-22)10-17-26-28-24-6-2-3-7-25(24)29(26)18-4-5-19-31-23-15-11-21(27)12-16-23/h2-3,6-17H,4-5,18-19H2,1H3/b17-10+. The molecule has 0 fully saturated rings.